The van der Waals surface area contributed by atoms with Crippen molar-refractivity contribution in [1.82, 2.24) is 9.73 Å². The molecule has 2 rings (SSSR count). The molecule has 0 spiro atoms. The Balaban J connectivity index is 2.01. The Kier molecular flexibility index (Phi) is 6.77. The Morgan fingerprint density at radius 3 is 2.31 bits per heavy atom. The molecular formula is C17H17Cl2N3O3S. The van der Waals surface area contributed by atoms with Crippen molar-refractivity contribution >= 4 is 45.3 Å². The predicted octanol–water partition coefficient (Wildman–Crippen LogP) is 3.07. The van der Waals surface area contributed by atoms with Crippen molar-refractivity contribution < 1.29 is 13.2 Å². The molecule has 0 heterocycles. The maximum Gasteiger partial charge on any atom is 0.255 e. The van der Waals surface area contributed by atoms with Gasteiger partial charge in [0.2, 0.25) is 10.0 Å². The first kappa shape index (κ1) is 20.4. The Morgan fingerprint density at radius 2 is 1.73 bits per heavy atom. The van der Waals surface area contributed by atoms with Gasteiger partial charge in [-0.25, -0.2) is 13.8 Å². The summed E-state index contributed by atoms with van der Waals surface area (Å²) in [6.07, 6.45) is 1.30. The molecule has 2 aromatic carbocycles. The van der Waals surface area contributed by atoms with Gasteiger partial charge in [-0.15, -0.1) is 0 Å². The number of amides is 1. The van der Waals surface area contributed by atoms with Crippen molar-refractivity contribution in [2.75, 3.05) is 13.6 Å². The summed E-state index contributed by atoms with van der Waals surface area (Å²) in [5.41, 5.74) is 3.65. The van der Waals surface area contributed by atoms with E-state index in [4.69, 9.17) is 23.2 Å². The molecule has 0 aliphatic heterocycles. The number of nitrogens with one attached hydrogen (secondary N) is 1. The molecule has 0 aromatic heterocycles. The minimum Gasteiger partial charge on any atom is -0.272 e. The van der Waals surface area contributed by atoms with Crippen LogP contribution in [0.1, 0.15) is 11.1 Å². The van der Waals surface area contributed by atoms with Gasteiger partial charge in [-0.2, -0.15) is 9.41 Å². The lowest BCUT2D eigenvalue weighted by atomic mass is 10.2. The maximum absolute atomic E-state index is 12.4. The number of hydrogen-bond acceptors (Lipinski definition) is 4. The molecule has 0 radical (unpaired) electrons. The molecule has 1 amide bonds. The molecule has 0 aliphatic carbocycles. The molecule has 0 bridgehead atoms. The van der Waals surface area contributed by atoms with E-state index in [1.807, 2.05) is 6.92 Å². The lowest BCUT2D eigenvalue weighted by Gasteiger charge is -2.16. The van der Waals surface area contributed by atoms with Crippen LogP contribution < -0.4 is 5.43 Å². The van der Waals surface area contributed by atoms with E-state index in [0.29, 0.717) is 15.6 Å². The number of aryl methyl sites for hydroxylation is 1. The average molecular weight is 414 g/mol. The largest absolute Gasteiger partial charge is 0.272 e. The lowest BCUT2D eigenvalue weighted by Crippen LogP contribution is -2.36. The average Bonchev–Trinajstić information content (AvgIpc) is 2.58. The number of sulfonamides is 1. The van der Waals surface area contributed by atoms with Crippen molar-refractivity contribution in [3.63, 3.8) is 0 Å². The minimum absolute atomic E-state index is 0.116. The summed E-state index contributed by atoms with van der Waals surface area (Å²) in [7, 11) is -2.44. The number of carbonyl (C=O) groups excluding carboxylic acids is 1. The van der Waals surface area contributed by atoms with Gasteiger partial charge in [-0.1, -0.05) is 47.0 Å². The molecule has 9 heteroatoms. The third-order valence-electron chi connectivity index (χ3n) is 3.48. The highest BCUT2D eigenvalue weighted by Gasteiger charge is 2.22. The molecule has 2 aromatic rings. The molecule has 0 fully saturated rings. The first-order valence-corrected chi connectivity index (χ1v) is 9.70. The van der Waals surface area contributed by atoms with E-state index in [1.54, 1.807) is 30.3 Å². The second-order valence-electron chi connectivity index (χ2n) is 5.50. The number of hydrogen-bond donors (Lipinski definition) is 1. The molecular weight excluding hydrogens is 397 g/mol. The van der Waals surface area contributed by atoms with Crippen molar-refractivity contribution in [2.45, 2.75) is 11.8 Å². The van der Waals surface area contributed by atoms with Crippen LogP contribution in [-0.4, -0.2) is 38.4 Å². The lowest BCUT2D eigenvalue weighted by molar-refractivity contribution is -0.121. The molecule has 0 saturated carbocycles. The Labute approximate surface area is 162 Å². The minimum atomic E-state index is -3.76. The fraction of sp³-hybridized carbons (Fsp3) is 0.176. The highest BCUT2D eigenvalue weighted by Crippen LogP contribution is 2.22. The number of hydrazone groups is 1. The summed E-state index contributed by atoms with van der Waals surface area (Å²) in [4.78, 5) is 12.1. The molecule has 0 atom stereocenters. The normalized spacial score (nSPS) is 11.9. The van der Waals surface area contributed by atoms with Crippen LogP contribution >= 0.6 is 23.2 Å². The summed E-state index contributed by atoms with van der Waals surface area (Å²) in [6.45, 7) is 1.47. The second-order valence-corrected chi connectivity index (χ2v) is 8.36. The number of carbonyl (C=O) groups is 1. The summed E-state index contributed by atoms with van der Waals surface area (Å²) in [6, 6.07) is 11.3. The van der Waals surface area contributed by atoms with Gasteiger partial charge in [0.15, 0.2) is 0 Å². The molecule has 0 saturated heterocycles. The quantitative estimate of drug-likeness (QED) is 0.583. The van der Waals surface area contributed by atoms with Crippen LogP contribution in [0.2, 0.25) is 10.0 Å². The van der Waals surface area contributed by atoms with Crippen molar-refractivity contribution in [2.24, 2.45) is 5.10 Å². The zero-order valence-corrected chi connectivity index (χ0v) is 16.4. The van der Waals surface area contributed by atoms with Gasteiger partial charge in [-0.3, -0.25) is 4.79 Å². The van der Waals surface area contributed by atoms with Crippen LogP contribution in [0.25, 0.3) is 0 Å². The standard InChI is InChI=1S/C17H17Cl2N3O3S/c1-12-6-8-13(9-7-12)26(24,25)22(2)11-17(23)21-20-10-14-15(18)4-3-5-16(14)19/h3-10H,11H2,1-2H3,(H,21,23)/b20-10+. The van der Waals surface area contributed by atoms with Gasteiger partial charge in [0.25, 0.3) is 5.91 Å². The van der Waals surface area contributed by atoms with Gasteiger partial charge in [-0.05, 0) is 31.2 Å². The number of nitrogens with zero attached hydrogens (tertiary/aromatic N) is 2. The number of benzene rings is 2. The van der Waals surface area contributed by atoms with Gasteiger partial charge >= 0.3 is 0 Å². The molecule has 0 aliphatic rings. The van der Waals surface area contributed by atoms with Gasteiger partial charge in [0, 0.05) is 12.6 Å². The van der Waals surface area contributed by atoms with E-state index in [0.717, 1.165) is 9.87 Å². The number of likely N-dealkylation sites (N-methyl/N-ethyl adjacent to an activating group) is 1. The van der Waals surface area contributed by atoms with Crippen LogP contribution in [0.15, 0.2) is 52.5 Å². The van der Waals surface area contributed by atoms with E-state index in [1.165, 1.54) is 25.4 Å². The summed E-state index contributed by atoms with van der Waals surface area (Å²) < 4.78 is 25.8. The van der Waals surface area contributed by atoms with E-state index in [2.05, 4.69) is 10.5 Å². The fourth-order valence-electron chi connectivity index (χ4n) is 2.02. The van der Waals surface area contributed by atoms with Gasteiger partial charge in [0.05, 0.1) is 27.7 Å². The highest BCUT2D eigenvalue weighted by atomic mass is 35.5. The molecule has 6 nitrogen and oxygen atoms in total. The Hall–Kier alpha value is -1.93. The van der Waals surface area contributed by atoms with Crippen LogP contribution in [-0.2, 0) is 14.8 Å². The van der Waals surface area contributed by atoms with Gasteiger partial charge < -0.3 is 0 Å². The fourth-order valence-corrected chi connectivity index (χ4v) is 3.64. The SMILES string of the molecule is Cc1ccc(S(=O)(=O)N(C)CC(=O)N/N=C/c2c(Cl)cccc2Cl)cc1. The molecule has 138 valence electrons. The van der Waals surface area contributed by atoms with Crippen LogP contribution in [0.5, 0.6) is 0 Å². The second kappa shape index (κ2) is 8.64. The predicted molar refractivity (Wildman–Crippen MR) is 103 cm³/mol. The third-order valence-corrected chi connectivity index (χ3v) is 5.95. The zero-order valence-electron chi connectivity index (χ0n) is 14.1. The topological polar surface area (TPSA) is 78.8 Å². The molecule has 0 unspecified atom stereocenters. The maximum atomic E-state index is 12.4. The van der Waals surface area contributed by atoms with Crippen LogP contribution in [0.3, 0.4) is 0 Å². The first-order valence-electron chi connectivity index (χ1n) is 7.50. The zero-order chi connectivity index (χ0) is 19.3. The summed E-state index contributed by atoms with van der Waals surface area (Å²) in [5, 5.41) is 4.54. The van der Waals surface area contributed by atoms with Gasteiger partial charge in [0.1, 0.15) is 0 Å². The number of rotatable bonds is 6. The highest BCUT2D eigenvalue weighted by molar-refractivity contribution is 7.89. The molecule has 1 N–H and O–H groups in total. The summed E-state index contributed by atoms with van der Waals surface area (Å²) in [5.74, 6) is -0.595. The van der Waals surface area contributed by atoms with Crippen LogP contribution in [0, 0.1) is 6.92 Å². The van der Waals surface area contributed by atoms with E-state index >= 15 is 0 Å². The van der Waals surface area contributed by atoms with Crippen molar-refractivity contribution in [3.8, 4) is 0 Å². The smallest absolute Gasteiger partial charge is 0.255 e. The number of halogens is 2. The van der Waals surface area contributed by atoms with Crippen LogP contribution in [0.4, 0.5) is 0 Å². The van der Waals surface area contributed by atoms with E-state index < -0.39 is 15.9 Å². The Bertz CT molecular complexity index is 909. The van der Waals surface area contributed by atoms with Crippen molar-refractivity contribution in [3.05, 3.63) is 63.6 Å². The summed E-state index contributed by atoms with van der Waals surface area (Å²) >= 11 is 12.0. The molecule has 26 heavy (non-hydrogen) atoms. The third kappa shape index (κ3) is 5.04. The van der Waals surface area contributed by atoms with Crippen molar-refractivity contribution in [1.29, 1.82) is 0 Å². The Morgan fingerprint density at radius 1 is 1.15 bits per heavy atom. The first-order chi connectivity index (χ1) is 12.2. The van der Waals surface area contributed by atoms with E-state index in [-0.39, 0.29) is 11.4 Å². The van der Waals surface area contributed by atoms with E-state index in [9.17, 15) is 13.2 Å². The monoisotopic (exact) mass is 413 g/mol.